The van der Waals surface area contributed by atoms with Gasteiger partial charge in [-0.15, -0.1) is 0 Å². The minimum Gasteiger partial charge on any atom is -0.388 e. The van der Waals surface area contributed by atoms with Crippen molar-refractivity contribution in [2.24, 2.45) is 0 Å². The molecule has 0 bridgehead atoms. The van der Waals surface area contributed by atoms with Crippen molar-refractivity contribution in [3.63, 3.8) is 0 Å². The number of nitrogen functional groups attached to an aromatic ring is 1. The zero-order chi connectivity index (χ0) is 18.1. The summed E-state index contributed by atoms with van der Waals surface area (Å²) < 4.78 is 8.11. The van der Waals surface area contributed by atoms with Crippen LogP contribution < -0.4 is 5.73 Å². The van der Waals surface area contributed by atoms with Crippen LogP contribution in [0.4, 0.5) is 5.82 Å². The zero-order valence-electron chi connectivity index (χ0n) is 15.2. The van der Waals surface area contributed by atoms with E-state index in [2.05, 4.69) is 19.7 Å². The summed E-state index contributed by atoms with van der Waals surface area (Å²) in [6, 6.07) is 0.430. The molecule has 7 heteroatoms. The number of nitrogens with two attached hydrogens (primary N) is 1. The SMILES string of the molecule is Nc1ncnc2c1c1c(n2C2CCCC2)CC[C@H](O)c2c-1noc2C1CC1. The molecule has 0 aromatic carbocycles. The molecule has 7 nitrogen and oxygen atoms in total. The summed E-state index contributed by atoms with van der Waals surface area (Å²) in [6.45, 7) is 0. The van der Waals surface area contributed by atoms with Crippen LogP contribution in [-0.4, -0.2) is 24.8 Å². The predicted molar refractivity (Wildman–Crippen MR) is 100 cm³/mol. The minimum absolute atomic E-state index is 0.397. The number of nitrogens with zero attached hydrogens (tertiary/aromatic N) is 4. The normalized spacial score (nSPS) is 22.8. The number of anilines is 1. The van der Waals surface area contributed by atoms with E-state index in [-0.39, 0.29) is 0 Å². The fraction of sp³-hybridized carbons (Fsp3) is 0.550. The van der Waals surface area contributed by atoms with Crippen LogP contribution in [0.3, 0.4) is 0 Å². The van der Waals surface area contributed by atoms with Crippen molar-refractivity contribution < 1.29 is 9.63 Å². The van der Waals surface area contributed by atoms with Crippen LogP contribution in [0.5, 0.6) is 0 Å². The van der Waals surface area contributed by atoms with Gasteiger partial charge in [0.15, 0.2) is 0 Å². The molecular formula is C20H23N5O2. The number of hydrogen-bond donors (Lipinski definition) is 2. The third-order valence-electron chi connectivity index (χ3n) is 6.53. The number of aliphatic hydroxyl groups excluding tert-OH is 1. The molecule has 0 aliphatic heterocycles. The number of rotatable bonds is 2. The van der Waals surface area contributed by atoms with Gasteiger partial charge in [-0.25, -0.2) is 9.97 Å². The van der Waals surface area contributed by atoms with Crippen LogP contribution in [0, 0.1) is 0 Å². The lowest BCUT2D eigenvalue weighted by Gasteiger charge is -2.17. The van der Waals surface area contributed by atoms with Crippen molar-refractivity contribution in [3.8, 4) is 11.3 Å². The molecule has 2 saturated carbocycles. The Morgan fingerprint density at radius 2 is 1.93 bits per heavy atom. The first-order valence-corrected chi connectivity index (χ1v) is 10.0. The smallest absolute Gasteiger partial charge is 0.146 e. The number of aromatic nitrogens is 4. The summed E-state index contributed by atoms with van der Waals surface area (Å²) in [5.41, 5.74) is 11.0. The second-order valence-electron chi connectivity index (χ2n) is 8.23. The molecule has 6 rings (SSSR count). The summed E-state index contributed by atoms with van der Waals surface area (Å²) in [5, 5.41) is 16.2. The van der Waals surface area contributed by atoms with E-state index in [9.17, 15) is 5.11 Å². The van der Waals surface area contributed by atoms with Crippen molar-refractivity contribution >= 4 is 16.9 Å². The second kappa shape index (κ2) is 5.55. The average Bonchev–Trinajstić information content (AvgIpc) is 3.11. The van der Waals surface area contributed by atoms with Gasteiger partial charge in [0.05, 0.1) is 17.1 Å². The molecule has 140 valence electrons. The van der Waals surface area contributed by atoms with Crippen molar-refractivity contribution in [1.29, 1.82) is 0 Å². The standard InChI is InChI=1S/C20H23N5O2/c21-19-16-14-12(25(11-3-1-2-4-11)20(16)23-9-22-19)7-8-13(26)15-17(14)24-27-18(15)10-5-6-10/h9-11,13,26H,1-8H2,(H2,21,22,23)/t13-/m0/s1. The molecule has 27 heavy (non-hydrogen) atoms. The van der Waals surface area contributed by atoms with Crippen molar-refractivity contribution in [2.75, 3.05) is 5.73 Å². The molecule has 0 unspecified atom stereocenters. The Morgan fingerprint density at radius 3 is 2.70 bits per heavy atom. The van der Waals surface area contributed by atoms with E-state index in [1.54, 1.807) is 6.33 Å². The zero-order valence-corrected chi connectivity index (χ0v) is 15.2. The largest absolute Gasteiger partial charge is 0.388 e. The van der Waals surface area contributed by atoms with Crippen molar-refractivity contribution in [3.05, 3.63) is 23.3 Å². The third-order valence-corrected chi connectivity index (χ3v) is 6.53. The van der Waals surface area contributed by atoms with Gasteiger partial charge in [0, 0.05) is 23.2 Å². The van der Waals surface area contributed by atoms with E-state index < -0.39 is 6.10 Å². The first kappa shape index (κ1) is 15.6. The molecule has 3 N–H and O–H groups in total. The van der Waals surface area contributed by atoms with E-state index in [4.69, 9.17) is 10.3 Å². The van der Waals surface area contributed by atoms with Crippen LogP contribution in [0.2, 0.25) is 0 Å². The van der Waals surface area contributed by atoms with Gasteiger partial charge in [0.1, 0.15) is 29.2 Å². The Balaban J connectivity index is 1.69. The minimum atomic E-state index is -0.549. The highest BCUT2D eigenvalue weighted by molar-refractivity contribution is 6.02. The van der Waals surface area contributed by atoms with Gasteiger partial charge >= 0.3 is 0 Å². The molecule has 0 saturated heterocycles. The van der Waals surface area contributed by atoms with E-state index in [0.717, 1.165) is 65.7 Å². The van der Waals surface area contributed by atoms with E-state index >= 15 is 0 Å². The maximum atomic E-state index is 10.9. The van der Waals surface area contributed by atoms with Gasteiger partial charge in [-0.05, 0) is 38.5 Å². The van der Waals surface area contributed by atoms with Crippen LogP contribution in [0.15, 0.2) is 10.9 Å². The van der Waals surface area contributed by atoms with Gasteiger partial charge in [-0.2, -0.15) is 0 Å². The maximum absolute atomic E-state index is 10.9. The summed E-state index contributed by atoms with van der Waals surface area (Å²) in [7, 11) is 0. The number of hydrogen-bond acceptors (Lipinski definition) is 6. The molecule has 3 heterocycles. The average molecular weight is 365 g/mol. The van der Waals surface area contributed by atoms with Crippen LogP contribution in [0.1, 0.15) is 80.0 Å². The Bertz CT molecular complexity index is 1040. The topological polar surface area (TPSA) is 103 Å². The summed E-state index contributed by atoms with van der Waals surface area (Å²) >= 11 is 0. The third kappa shape index (κ3) is 2.15. The predicted octanol–water partition coefficient (Wildman–Crippen LogP) is 3.64. The van der Waals surface area contributed by atoms with Gasteiger partial charge in [0.25, 0.3) is 0 Å². The Morgan fingerprint density at radius 1 is 1.11 bits per heavy atom. The highest BCUT2D eigenvalue weighted by atomic mass is 16.5. The van der Waals surface area contributed by atoms with E-state index in [1.807, 2.05) is 0 Å². The second-order valence-corrected chi connectivity index (χ2v) is 8.23. The lowest BCUT2D eigenvalue weighted by molar-refractivity contribution is 0.165. The molecule has 3 aromatic rings. The first-order chi connectivity index (χ1) is 13.2. The number of aliphatic hydroxyl groups is 1. The molecule has 3 aromatic heterocycles. The maximum Gasteiger partial charge on any atom is 0.146 e. The monoisotopic (exact) mass is 365 g/mol. The van der Waals surface area contributed by atoms with Crippen LogP contribution >= 0.6 is 0 Å². The molecule has 0 radical (unpaired) electrons. The van der Waals surface area contributed by atoms with Crippen LogP contribution in [-0.2, 0) is 6.42 Å². The highest BCUT2D eigenvalue weighted by Crippen LogP contribution is 2.51. The van der Waals surface area contributed by atoms with Crippen LogP contribution in [0.25, 0.3) is 22.3 Å². The van der Waals surface area contributed by atoms with Gasteiger partial charge in [0.2, 0.25) is 0 Å². The lowest BCUT2D eigenvalue weighted by atomic mass is 10.0. The fourth-order valence-corrected chi connectivity index (χ4v) is 5.13. The molecule has 2 fully saturated rings. The number of fused-ring (bicyclic) bond motifs is 5. The summed E-state index contributed by atoms with van der Waals surface area (Å²) in [4.78, 5) is 8.88. The van der Waals surface area contributed by atoms with Crippen molar-refractivity contribution in [1.82, 2.24) is 19.7 Å². The molecule has 3 aliphatic carbocycles. The molecular weight excluding hydrogens is 342 g/mol. The Labute approximate surface area is 156 Å². The molecule has 0 spiro atoms. The Hall–Kier alpha value is -2.41. The lowest BCUT2D eigenvalue weighted by Crippen LogP contribution is -2.10. The highest BCUT2D eigenvalue weighted by Gasteiger charge is 2.39. The summed E-state index contributed by atoms with van der Waals surface area (Å²) in [6.07, 6.45) is 9.45. The quantitative estimate of drug-likeness (QED) is 0.719. The van der Waals surface area contributed by atoms with Gasteiger partial charge in [-0.1, -0.05) is 18.0 Å². The summed E-state index contributed by atoms with van der Waals surface area (Å²) in [5.74, 6) is 1.74. The molecule has 1 atom stereocenters. The van der Waals surface area contributed by atoms with Crippen molar-refractivity contribution in [2.45, 2.75) is 69.4 Å². The van der Waals surface area contributed by atoms with E-state index in [0.29, 0.717) is 24.2 Å². The van der Waals surface area contributed by atoms with Gasteiger partial charge < -0.3 is 19.9 Å². The molecule has 3 aliphatic rings. The molecule has 0 amide bonds. The van der Waals surface area contributed by atoms with Gasteiger partial charge in [-0.3, -0.25) is 0 Å². The Kier molecular flexibility index (Phi) is 3.21. The van der Waals surface area contributed by atoms with E-state index in [1.165, 1.54) is 18.5 Å². The fourth-order valence-electron chi connectivity index (χ4n) is 5.13. The first-order valence-electron chi connectivity index (χ1n) is 10.0.